The molecule has 1 saturated heterocycles. The highest BCUT2D eigenvalue weighted by Crippen LogP contribution is 2.32. The Morgan fingerprint density at radius 3 is 2.35 bits per heavy atom. The Hall–Kier alpha value is -0.780. The van der Waals surface area contributed by atoms with Crippen LogP contribution in [0.25, 0.3) is 6.08 Å². The van der Waals surface area contributed by atoms with Gasteiger partial charge in [0, 0.05) is 32.3 Å². The first-order valence-corrected chi connectivity index (χ1v) is 8.52. The van der Waals surface area contributed by atoms with Crippen molar-refractivity contribution in [2.24, 2.45) is 0 Å². The largest absolute Gasteiger partial charge is 0.333 e. The molecule has 1 unspecified atom stereocenters. The molecule has 0 bridgehead atoms. The normalized spacial score (nSPS) is 19.0. The summed E-state index contributed by atoms with van der Waals surface area (Å²) in [4.78, 5) is 16.4. The first-order valence-electron chi connectivity index (χ1n) is 7.39. The van der Waals surface area contributed by atoms with Crippen LogP contribution in [0, 0.1) is 0 Å². The average molecular weight is 377 g/mol. The van der Waals surface area contributed by atoms with Gasteiger partial charge in [-0.25, -0.2) is 0 Å². The van der Waals surface area contributed by atoms with Crippen LogP contribution in [0.1, 0.15) is 5.56 Å². The maximum absolute atomic E-state index is 12.2. The number of hydrogen-bond donors (Lipinski definition) is 1. The number of nitrogens with one attached hydrogen (secondary N) is 1. The Labute approximate surface area is 152 Å². The molecule has 0 radical (unpaired) electrons. The zero-order valence-corrected chi connectivity index (χ0v) is 15.2. The van der Waals surface area contributed by atoms with Crippen molar-refractivity contribution in [2.45, 2.75) is 9.96 Å². The highest BCUT2D eigenvalue weighted by molar-refractivity contribution is 6.68. The molecule has 0 aliphatic carbocycles. The lowest BCUT2D eigenvalue weighted by molar-refractivity contribution is -0.118. The summed E-state index contributed by atoms with van der Waals surface area (Å²) in [5, 5.41) is 2.80. The van der Waals surface area contributed by atoms with Crippen molar-refractivity contribution < 1.29 is 4.79 Å². The molecule has 0 aromatic heterocycles. The molecule has 2 rings (SSSR count). The highest BCUT2D eigenvalue weighted by atomic mass is 35.6. The summed E-state index contributed by atoms with van der Waals surface area (Å²) in [6.45, 7) is 3.20. The highest BCUT2D eigenvalue weighted by Gasteiger charge is 2.39. The number of hydrogen-bond acceptors (Lipinski definition) is 3. The van der Waals surface area contributed by atoms with Crippen molar-refractivity contribution >= 4 is 46.8 Å². The van der Waals surface area contributed by atoms with Crippen LogP contribution in [-0.2, 0) is 4.79 Å². The number of benzene rings is 1. The molecule has 1 aromatic rings. The monoisotopic (exact) mass is 375 g/mol. The summed E-state index contributed by atoms with van der Waals surface area (Å²) in [6, 6.07) is 9.56. The minimum atomic E-state index is -1.59. The van der Waals surface area contributed by atoms with Gasteiger partial charge in [-0.2, -0.15) is 0 Å². The van der Waals surface area contributed by atoms with Crippen molar-refractivity contribution in [3.63, 3.8) is 0 Å². The molecule has 0 saturated carbocycles. The van der Waals surface area contributed by atoms with E-state index in [-0.39, 0.29) is 5.91 Å². The molecule has 7 heteroatoms. The maximum atomic E-state index is 12.2. The fourth-order valence-electron chi connectivity index (χ4n) is 2.38. The van der Waals surface area contributed by atoms with Gasteiger partial charge in [0.1, 0.15) is 6.17 Å². The van der Waals surface area contributed by atoms with Crippen molar-refractivity contribution in [1.82, 2.24) is 15.1 Å². The first kappa shape index (κ1) is 18.6. The third-order valence-electron chi connectivity index (χ3n) is 3.72. The van der Waals surface area contributed by atoms with E-state index in [9.17, 15) is 4.79 Å². The van der Waals surface area contributed by atoms with E-state index in [0.717, 1.165) is 31.7 Å². The lowest BCUT2D eigenvalue weighted by atomic mass is 10.2. The Morgan fingerprint density at radius 1 is 1.17 bits per heavy atom. The summed E-state index contributed by atoms with van der Waals surface area (Å²) < 4.78 is -1.59. The number of carbonyl (C=O) groups excluding carboxylic acids is 1. The molecule has 1 aromatic carbocycles. The average Bonchev–Trinajstić information content (AvgIpc) is 2.52. The van der Waals surface area contributed by atoms with Gasteiger partial charge in [0.25, 0.3) is 0 Å². The number of nitrogens with zero attached hydrogens (tertiary/aromatic N) is 2. The van der Waals surface area contributed by atoms with E-state index in [4.69, 9.17) is 34.8 Å². The molecule has 1 amide bonds. The molecule has 1 atom stereocenters. The maximum Gasteiger partial charge on any atom is 0.245 e. The van der Waals surface area contributed by atoms with Gasteiger partial charge in [0.2, 0.25) is 9.70 Å². The Morgan fingerprint density at radius 2 is 1.78 bits per heavy atom. The van der Waals surface area contributed by atoms with Crippen LogP contribution in [-0.4, -0.2) is 58.9 Å². The second-order valence-corrected chi connectivity index (χ2v) is 7.90. The number of carbonyl (C=O) groups is 1. The number of likely N-dealkylation sites (N-methyl/N-ethyl adjacent to an activating group) is 1. The van der Waals surface area contributed by atoms with Gasteiger partial charge in [-0.15, -0.1) is 0 Å². The van der Waals surface area contributed by atoms with Crippen LogP contribution in [0.5, 0.6) is 0 Å². The molecule has 0 spiro atoms. The van der Waals surface area contributed by atoms with E-state index in [1.807, 2.05) is 42.3 Å². The number of halogens is 3. The van der Waals surface area contributed by atoms with E-state index < -0.39 is 9.96 Å². The van der Waals surface area contributed by atoms with Crippen molar-refractivity contribution in [1.29, 1.82) is 0 Å². The van der Waals surface area contributed by atoms with E-state index >= 15 is 0 Å². The lowest BCUT2D eigenvalue weighted by Crippen LogP contribution is -2.60. The molecule has 1 heterocycles. The van der Waals surface area contributed by atoms with Gasteiger partial charge in [0.15, 0.2) is 0 Å². The van der Waals surface area contributed by atoms with E-state index in [1.54, 1.807) is 6.08 Å². The molecule has 4 nitrogen and oxygen atoms in total. The van der Waals surface area contributed by atoms with Crippen LogP contribution in [0.2, 0.25) is 0 Å². The number of piperazine rings is 1. The van der Waals surface area contributed by atoms with Crippen molar-refractivity contribution in [2.75, 3.05) is 33.2 Å². The minimum absolute atomic E-state index is 0.288. The Kier molecular flexibility index (Phi) is 6.74. The predicted molar refractivity (Wildman–Crippen MR) is 96.8 cm³/mol. The van der Waals surface area contributed by atoms with Gasteiger partial charge >= 0.3 is 0 Å². The number of alkyl halides is 3. The van der Waals surface area contributed by atoms with Gasteiger partial charge in [0.05, 0.1) is 0 Å². The zero-order valence-electron chi connectivity index (χ0n) is 12.9. The summed E-state index contributed by atoms with van der Waals surface area (Å²) >= 11 is 18.2. The van der Waals surface area contributed by atoms with Gasteiger partial charge in [-0.1, -0.05) is 65.1 Å². The minimum Gasteiger partial charge on any atom is -0.333 e. The fraction of sp³-hybridized carbons (Fsp3) is 0.438. The molecule has 23 heavy (non-hydrogen) atoms. The van der Waals surface area contributed by atoms with Gasteiger partial charge in [-0.3, -0.25) is 9.69 Å². The first-order chi connectivity index (χ1) is 10.9. The summed E-state index contributed by atoms with van der Waals surface area (Å²) in [5.41, 5.74) is 0.938. The zero-order chi connectivity index (χ0) is 16.9. The molecule has 1 fully saturated rings. The molecular weight excluding hydrogens is 357 g/mol. The van der Waals surface area contributed by atoms with Crippen LogP contribution >= 0.6 is 34.8 Å². The molecular formula is C16H20Cl3N3O. The molecule has 1 aliphatic rings. The van der Waals surface area contributed by atoms with E-state index in [2.05, 4.69) is 10.2 Å². The smallest absolute Gasteiger partial charge is 0.245 e. The predicted octanol–water partition coefficient (Wildman–Crippen LogP) is 2.76. The lowest BCUT2D eigenvalue weighted by Gasteiger charge is -2.40. The van der Waals surface area contributed by atoms with Crippen LogP contribution < -0.4 is 5.32 Å². The van der Waals surface area contributed by atoms with Gasteiger partial charge in [-0.05, 0) is 18.7 Å². The second kappa shape index (κ2) is 8.36. The van der Waals surface area contributed by atoms with Crippen LogP contribution in [0.4, 0.5) is 0 Å². The van der Waals surface area contributed by atoms with Crippen molar-refractivity contribution in [3.8, 4) is 0 Å². The standard InChI is InChI=1S/C16H20Cl3N3O/c1-21-9-11-22(12-10-21)15(16(17,18)19)20-14(23)8-7-13-5-3-2-4-6-13/h2-8,15H,9-12H2,1H3,(H,20,23)/b8-7+. The molecule has 1 aliphatic heterocycles. The summed E-state index contributed by atoms with van der Waals surface area (Å²) in [5.74, 6) is -0.288. The third-order valence-corrected chi connectivity index (χ3v) is 4.34. The number of rotatable bonds is 4. The quantitative estimate of drug-likeness (QED) is 0.648. The van der Waals surface area contributed by atoms with Gasteiger partial charge < -0.3 is 10.2 Å². The number of amides is 1. The molecule has 1 N–H and O–H groups in total. The van der Waals surface area contributed by atoms with Crippen LogP contribution in [0.3, 0.4) is 0 Å². The van der Waals surface area contributed by atoms with Crippen molar-refractivity contribution in [3.05, 3.63) is 42.0 Å². The third kappa shape index (κ3) is 5.98. The summed E-state index contributed by atoms with van der Waals surface area (Å²) in [7, 11) is 2.04. The SMILES string of the molecule is CN1CCN(C(NC(=O)/C=C/c2ccccc2)C(Cl)(Cl)Cl)CC1. The van der Waals surface area contributed by atoms with E-state index in [1.165, 1.54) is 6.08 Å². The topological polar surface area (TPSA) is 35.6 Å². The van der Waals surface area contributed by atoms with Crippen LogP contribution in [0.15, 0.2) is 36.4 Å². The Bertz CT molecular complexity index is 537. The molecule has 126 valence electrons. The van der Waals surface area contributed by atoms with E-state index in [0.29, 0.717) is 0 Å². The summed E-state index contributed by atoms with van der Waals surface area (Å²) in [6.07, 6.45) is 2.53. The Balaban J connectivity index is 2.00. The second-order valence-electron chi connectivity index (χ2n) is 5.54. The fourth-order valence-corrected chi connectivity index (χ4v) is 2.96.